The summed E-state index contributed by atoms with van der Waals surface area (Å²) in [7, 11) is 3.33. The molecular weight excluding hydrogens is 314 g/mol. The van der Waals surface area contributed by atoms with Crippen molar-refractivity contribution in [3.05, 3.63) is 71.3 Å². The van der Waals surface area contributed by atoms with E-state index in [4.69, 9.17) is 4.74 Å². The van der Waals surface area contributed by atoms with E-state index in [-0.39, 0.29) is 6.42 Å². The average molecular weight is 337 g/mol. The topological polar surface area (TPSA) is 58.9 Å². The lowest BCUT2D eigenvalue weighted by molar-refractivity contribution is -0.136. The summed E-state index contributed by atoms with van der Waals surface area (Å²) in [6.07, 6.45) is 0.546. The summed E-state index contributed by atoms with van der Waals surface area (Å²) in [5.41, 5.74) is 4.53. The van der Waals surface area contributed by atoms with E-state index < -0.39 is 5.97 Å². The highest BCUT2D eigenvalue weighted by molar-refractivity contribution is 6.09. The molecule has 0 unspecified atom stereocenters. The zero-order chi connectivity index (χ0) is 18.2. The third kappa shape index (κ3) is 5.05. The Kier molecular flexibility index (Phi) is 6.52. The first-order chi connectivity index (χ1) is 12.0. The minimum absolute atomic E-state index is 0.0582. The summed E-state index contributed by atoms with van der Waals surface area (Å²) in [6, 6.07) is 17.6. The van der Waals surface area contributed by atoms with Crippen molar-refractivity contribution < 1.29 is 14.6 Å². The van der Waals surface area contributed by atoms with Crippen molar-refractivity contribution >= 4 is 17.3 Å². The zero-order valence-corrected chi connectivity index (χ0v) is 14.8. The lowest BCUT2D eigenvalue weighted by atomic mass is 9.92. The molecule has 2 aromatic rings. The summed E-state index contributed by atoms with van der Waals surface area (Å²) in [5, 5.41) is 9.36. The fraction of sp³-hybridized carbons (Fsp3) is 0.238. The molecule has 0 aromatic heterocycles. The normalized spacial score (nSPS) is 12.5. The lowest BCUT2D eigenvalue weighted by Gasteiger charge is -2.14. The molecule has 0 heterocycles. The Hall–Kier alpha value is -2.88. The number of rotatable bonds is 7. The van der Waals surface area contributed by atoms with Crippen molar-refractivity contribution in [2.45, 2.75) is 19.8 Å². The number of hydrogen-bond donors (Lipinski definition) is 1. The van der Waals surface area contributed by atoms with E-state index in [1.54, 1.807) is 14.2 Å². The number of hydrogen-bond acceptors (Lipinski definition) is 3. The standard InChI is InChI=1S/C21H23NO3/c1-15(17-9-11-18(25-3)12-10-17)19(14-21(23)24)20(22-2)13-16-7-5-4-6-8-16/h4-12H,13-14H2,1-3H3,(H,23,24)/b19-15+,22-20?. The Balaban J connectivity index is 2.42. The quantitative estimate of drug-likeness (QED) is 0.768. The summed E-state index contributed by atoms with van der Waals surface area (Å²) < 4.78 is 5.19. The van der Waals surface area contributed by atoms with Gasteiger partial charge in [0.1, 0.15) is 5.75 Å². The van der Waals surface area contributed by atoms with Crippen LogP contribution in [0.1, 0.15) is 24.5 Å². The Bertz CT molecular complexity index is 775. The molecule has 2 aromatic carbocycles. The molecule has 2 rings (SSSR count). The molecule has 0 aliphatic rings. The highest BCUT2D eigenvalue weighted by atomic mass is 16.5. The number of carbonyl (C=O) groups is 1. The summed E-state index contributed by atoms with van der Waals surface area (Å²) >= 11 is 0. The Labute approximate surface area is 148 Å². The third-order valence-corrected chi connectivity index (χ3v) is 4.14. The van der Waals surface area contributed by atoms with Gasteiger partial charge >= 0.3 is 5.97 Å². The largest absolute Gasteiger partial charge is 0.497 e. The van der Waals surface area contributed by atoms with Crippen LogP contribution in [-0.2, 0) is 11.2 Å². The first-order valence-corrected chi connectivity index (χ1v) is 8.11. The van der Waals surface area contributed by atoms with E-state index in [0.717, 1.165) is 33.7 Å². The number of carboxylic acid groups (broad SMARTS) is 1. The van der Waals surface area contributed by atoms with Crippen LogP contribution in [0.5, 0.6) is 5.75 Å². The minimum atomic E-state index is -0.864. The second-order valence-corrected chi connectivity index (χ2v) is 5.74. The van der Waals surface area contributed by atoms with E-state index in [1.165, 1.54) is 0 Å². The van der Waals surface area contributed by atoms with Gasteiger partial charge in [-0.1, -0.05) is 42.5 Å². The van der Waals surface area contributed by atoms with Crippen molar-refractivity contribution in [3.8, 4) is 5.75 Å². The van der Waals surface area contributed by atoms with Gasteiger partial charge in [-0.05, 0) is 41.3 Å². The zero-order valence-electron chi connectivity index (χ0n) is 14.8. The van der Waals surface area contributed by atoms with Gasteiger partial charge in [-0.3, -0.25) is 9.79 Å². The highest BCUT2D eigenvalue weighted by Gasteiger charge is 2.16. The molecule has 4 heteroatoms. The molecule has 0 radical (unpaired) electrons. The number of methoxy groups -OCH3 is 1. The molecule has 0 atom stereocenters. The number of aliphatic imine (C=N–C) groups is 1. The highest BCUT2D eigenvalue weighted by Crippen LogP contribution is 2.25. The van der Waals surface area contributed by atoms with Crippen LogP contribution in [0.4, 0.5) is 0 Å². The van der Waals surface area contributed by atoms with Gasteiger partial charge in [-0.25, -0.2) is 0 Å². The van der Waals surface area contributed by atoms with Crippen LogP contribution in [0.2, 0.25) is 0 Å². The van der Waals surface area contributed by atoms with E-state index in [0.29, 0.717) is 6.42 Å². The number of carboxylic acids is 1. The fourth-order valence-corrected chi connectivity index (χ4v) is 2.73. The molecule has 0 spiro atoms. The van der Waals surface area contributed by atoms with Crippen LogP contribution >= 0.6 is 0 Å². The number of aliphatic carboxylic acids is 1. The maximum atomic E-state index is 11.4. The van der Waals surface area contributed by atoms with Gasteiger partial charge in [0.2, 0.25) is 0 Å². The van der Waals surface area contributed by atoms with Crippen LogP contribution in [0.3, 0.4) is 0 Å². The van der Waals surface area contributed by atoms with Crippen molar-refractivity contribution in [1.29, 1.82) is 0 Å². The first-order valence-electron chi connectivity index (χ1n) is 8.11. The molecule has 0 bridgehead atoms. The first kappa shape index (κ1) is 18.5. The van der Waals surface area contributed by atoms with Gasteiger partial charge < -0.3 is 9.84 Å². The number of nitrogens with zero attached hydrogens (tertiary/aromatic N) is 1. The van der Waals surface area contributed by atoms with Crippen LogP contribution in [0.15, 0.2) is 65.2 Å². The fourth-order valence-electron chi connectivity index (χ4n) is 2.73. The van der Waals surface area contributed by atoms with Gasteiger partial charge in [0, 0.05) is 19.2 Å². The Morgan fingerprint density at radius 1 is 1.08 bits per heavy atom. The number of benzene rings is 2. The molecule has 0 aliphatic heterocycles. The minimum Gasteiger partial charge on any atom is -0.497 e. The molecule has 25 heavy (non-hydrogen) atoms. The molecule has 0 aliphatic carbocycles. The summed E-state index contributed by atoms with van der Waals surface area (Å²) in [4.78, 5) is 15.8. The van der Waals surface area contributed by atoms with Gasteiger partial charge in [0.25, 0.3) is 0 Å². The van der Waals surface area contributed by atoms with Crippen LogP contribution in [-0.4, -0.2) is 30.9 Å². The molecule has 4 nitrogen and oxygen atoms in total. The van der Waals surface area contributed by atoms with E-state index in [1.807, 2.05) is 61.5 Å². The maximum absolute atomic E-state index is 11.4. The summed E-state index contributed by atoms with van der Waals surface area (Å²) in [6.45, 7) is 1.94. The van der Waals surface area contributed by atoms with E-state index in [2.05, 4.69) is 4.99 Å². The maximum Gasteiger partial charge on any atom is 0.307 e. The molecule has 0 amide bonds. The van der Waals surface area contributed by atoms with Gasteiger partial charge in [0.05, 0.1) is 13.5 Å². The summed E-state index contributed by atoms with van der Waals surface area (Å²) in [5.74, 6) is -0.0953. The SMILES string of the molecule is CN=C(Cc1ccccc1)/C(CC(=O)O)=C(\C)c1ccc(OC)cc1. The monoisotopic (exact) mass is 337 g/mol. The number of ether oxygens (including phenoxy) is 1. The number of allylic oxidation sites excluding steroid dienone is 1. The van der Waals surface area contributed by atoms with Crippen molar-refractivity contribution in [2.75, 3.05) is 14.2 Å². The molecule has 0 fully saturated rings. The van der Waals surface area contributed by atoms with Crippen LogP contribution < -0.4 is 4.74 Å². The Morgan fingerprint density at radius 3 is 2.24 bits per heavy atom. The molecule has 0 saturated carbocycles. The predicted octanol–water partition coefficient (Wildman–Crippen LogP) is 4.26. The van der Waals surface area contributed by atoms with E-state index >= 15 is 0 Å². The average Bonchev–Trinajstić information content (AvgIpc) is 2.64. The second-order valence-electron chi connectivity index (χ2n) is 5.74. The van der Waals surface area contributed by atoms with Crippen molar-refractivity contribution in [2.24, 2.45) is 4.99 Å². The molecule has 1 N–H and O–H groups in total. The van der Waals surface area contributed by atoms with Crippen LogP contribution in [0, 0.1) is 0 Å². The van der Waals surface area contributed by atoms with Crippen LogP contribution in [0.25, 0.3) is 5.57 Å². The van der Waals surface area contributed by atoms with Gasteiger partial charge in [0.15, 0.2) is 0 Å². The Morgan fingerprint density at radius 2 is 1.72 bits per heavy atom. The van der Waals surface area contributed by atoms with Gasteiger partial charge in [-0.2, -0.15) is 0 Å². The predicted molar refractivity (Wildman–Crippen MR) is 101 cm³/mol. The smallest absolute Gasteiger partial charge is 0.307 e. The molecule has 130 valence electrons. The lowest BCUT2D eigenvalue weighted by Crippen LogP contribution is -2.13. The van der Waals surface area contributed by atoms with Crippen molar-refractivity contribution in [3.63, 3.8) is 0 Å². The van der Waals surface area contributed by atoms with Gasteiger partial charge in [-0.15, -0.1) is 0 Å². The van der Waals surface area contributed by atoms with Crippen molar-refractivity contribution in [1.82, 2.24) is 0 Å². The second kappa shape index (κ2) is 8.83. The van der Waals surface area contributed by atoms with E-state index in [9.17, 15) is 9.90 Å². The third-order valence-electron chi connectivity index (χ3n) is 4.14. The molecular formula is C21H23NO3. The molecule has 0 saturated heterocycles.